The van der Waals surface area contributed by atoms with E-state index in [1.807, 2.05) is 6.92 Å². The molecule has 0 spiro atoms. The lowest BCUT2D eigenvalue weighted by molar-refractivity contribution is -0.140. The molecule has 0 aliphatic carbocycles. The Hall–Kier alpha value is -1.10. The van der Waals surface area contributed by atoms with Crippen molar-refractivity contribution in [3.05, 3.63) is 35.1 Å². The molecule has 0 fully saturated rings. The van der Waals surface area contributed by atoms with E-state index in [1.165, 1.54) is 6.07 Å². The predicted molar refractivity (Wildman–Crippen MR) is 53.4 cm³/mol. The summed E-state index contributed by atoms with van der Waals surface area (Å²) >= 11 is 0. The highest BCUT2D eigenvalue weighted by atomic mass is 19.4. The minimum Gasteiger partial charge on any atom is -0.313 e. The third-order valence-electron chi connectivity index (χ3n) is 2.09. The summed E-state index contributed by atoms with van der Waals surface area (Å²) in [6, 6.07) is 3.05. The Morgan fingerprint density at radius 1 is 1.25 bits per heavy atom. The summed E-state index contributed by atoms with van der Waals surface area (Å²) in [4.78, 5) is 0. The van der Waals surface area contributed by atoms with Crippen molar-refractivity contribution in [3.8, 4) is 0 Å². The zero-order valence-corrected chi connectivity index (χ0v) is 8.87. The fraction of sp³-hybridized carbons (Fsp3) is 0.455. The van der Waals surface area contributed by atoms with Gasteiger partial charge in [0, 0.05) is 6.54 Å². The summed E-state index contributed by atoms with van der Waals surface area (Å²) in [6.07, 6.45) is -3.74. The van der Waals surface area contributed by atoms with Crippen molar-refractivity contribution < 1.29 is 17.6 Å². The molecular formula is C11H13F4N. The Kier molecular flexibility index (Phi) is 4.29. The monoisotopic (exact) mass is 235 g/mol. The van der Waals surface area contributed by atoms with E-state index >= 15 is 0 Å². The van der Waals surface area contributed by atoms with Gasteiger partial charge in [-0.3, -0.25) is 0 Å². The summed E-state index contributed by atoms with van der Waals surface area (Å²) < 4.78 is 50.0. The fourth-order valence-electron chi connectivity index (χ4n) is 1.31. The zero-order chi connectivity index (χ0) is 12.2. The molecule has 0 saturated carbocycles. The van der Waals surface area contributed by atoms with Gasteiger partial charge in [0.05, 0.1) is 5.56 Å². The second-order valence-electron chi connectivity index (χ2n) is 3.49. The molecule has 0 radical (unpaired) electrons. The maximum absolute atomic E-state index is 12.9. The van der Waals surface area contributed by atoms with Crippen molar-refractivity contribution in [2.24, 2.45) is 0 Å². The first-order valence-electron chi connectivity index (χ1n) is 5.01. The van der Waals surface area contributed by atoms with Gasteiger partial charge >= 0.3 is 6.18 Å². The summed E-state index contributed by atoms with van der Waals surface area (Å²) in [5, 5.41) is 2.96. The minimum atomic E-state index is -4.63. The van der Waals surface area contributed by atoms with Gasteiger partial charge in [0.1, 0.15) is 5.82 Å². The Bertz CT molecular complexity index is 346. The van der Waals surface area contributed by atoms with Gasteiger partial charge in [-0.05, 0) is 30.7 Å². The molecule has 1 aromatic carbocycles. The number of hydrogen-bond acceptors (Lipinski definition) is 1. The highest BCUT2D eigenvalue weighted by Gasteiger charge is 2.34. The van der Waals surface area contributed by atoms with Crippen LogP contribution in [0.15, 0.2) is 18.2 Å². The fourth-order valence-corrected chi connectivity index (χ4v) is 1.31. The molecule has 1 nitrogen and oxygen atoms in total. The molecule has 0 heterocycles. The molecule has 1 rings (SSSR count). The van der Waals surface area contributed by atoms with E-state index < -0.39 is 17.6 Å². The van der Waals surface area contributed by atoms with Crippen LogP contribution in [0, 0.1) is 5.82 Å². The first kappa shape index (κ1) is 13.0. The minimum absolute atomic E-state index is 0.317. The van der Waals surface area contributed by atoms with Crippen molar-refractivity contribution in [3.63, 3.8) is 0 Å². The maximum atomic E-state index is 12.9. The number of benzene rings is 1. The molecule has 0 bridgehead atoms. The van der Waals surface area contributed by atoms with Gasteiger partial charge in [-0.1, -0.05) is 13.0 Å². The number of nitrogens with one attached hydrogen (secondary N) is 1. The lowest BCUT2D eigenvalue weighted by Gasteiger charge is -2.10. The summed E-state index contributed by atoms with van der Waals surface area (Å²) in [7, 11) is 0. The van der Waals surface area contributed by atoms with Gasteiger partial charge in [0.25, 0.3) is 0 Å². The predicted octanol–water partition coefficient (Wildman–Crippen LogP) is 3.34. The van der Waals surface area contributed by atoms with Gasteiger partial charge in [-0.15, -0.1) is 0 Å². The van der Waals surface area contributed by atoms with Crippen LogP contribution >= 0.6 is 0 Å². The highest BCUT2D eigenvalue weighted by molar-refractivity contribution is 5.27. The van der Waals surface area contributed by atoms with Crippen LogP contribution in [0.1, 0.15) is 24.5 Å². The van der Waals surface area contributed by atoms with Crippen molar-refractivity contribution in [2.45, 2.75) is 26.1 Å². The third kappa shape index (κ3) is 3.48. The quantitative estimate of drug-likeness (QED) is 0.623. The molecule has 0 aliphatic heterocycles. The summed E-state index contributed by atoms with van der Waals surface area (Å²) in [6.45, 7) is 2.99. The number of hydrogen-bond donors (Lipinski definition) is 1. The second-order valence-corrected chi connectivity index (χ2v) is 3.49. The molecule has 16 heavy (non-hydrogen) atoms. The van der Waals surface area contributed by atoms with Crippen LogP contribution in [-0.4, -0.2) is 6.54 Å². The van der Waals surface area contributed by atoms with Gasteiger partial charge in [0.2, 0.25) is 0 Å². The SMILES string of the molecule is CCCNCc1ccc(F)c(C(F)(F)F)c1. The molecule has 0 atom stereocenters. The van der Waals surface area contributed by atoms with Gasteiger partial charge < -0.3 is 5.32 Å². The molecule has 5 heteroatoms. The van der Waals surface area contributed by atoms with Crippen molar-refractivity contribution in [1.82, 2.24) is 5.32 Å². The normalized spacial score (nSPS) is 11.8. The molecule has 0 amide bonds. The Balaban J connectivity index is 2.82. The topological polar surface area (TPSA) is 12.0 Å². The second kappa shape index (κ2) is 5.30. The van der Waals surface area contributed by atoms with E-state index in [-0.39, 0.29) is 0 Å². The Morgan fingerprint density at radius 3 is 2.50 bits per heavy atom. The first-order chi connectivity index (χ1) is 7.45. The van der Waals surface area contributed by atoms with Crippen molar-refractivity contribution >= 4 is 0 Å². The molecule has 0 unspecified atom stereocenters. The van der Waals surface area contributed by atoms with Crippen molar-refractivity contribution in [1.29, 1.82) is 0 Å². The van der Waals surface area contributed by atoms with Gasteiger partial charge in [-0.2, -0.15) is 13.2 Å². The first-order valence-corrected chi connectivity index (χ1v) is 5.01. The van der Waals surface area contributed by atoms with Gasteiger partial charge in [-0.25, -0.2) is 4.39 Å². The molecule has 0 aliphatic rings. The van der Waals surface area contributed by atoms with Gasteiger partial charge in [0.15, 0.2) is 0 Å². The molecule has 0 aromatic heterocycles. The van der Waals surface area contributed by atoms with E-state index in [4.69, 9.17) is 0 Å². The number of halogens is 4. The molecule has 1 N–H and O–H groups in total. The summed E-state index contributed by atoms with van der Waals surface area (Å²) in [5.41, 5.74) is -0.773. The molecular weight excluding hydrogens is 222 g/mol. The molecule has 90 valence electrons. The van der Waals surface area contributed by atoms with Crippen LogP contribution in [0.2, 0.25) is 0 Å². The molecule has 1 aromatic rings. The van der Waals surface area contributed by atoms with E-state index in [9.17, 15) is 17.6 Å². The lowest BCUT2D eigenvalue weighted by Crippen LogP contribution is -2.15. The maximum Gasteiger partial charge on any atom is 0.419 e. The van der Waals surface area contributed by atoms with Crippen molar-refractivity contribution in [2.75, 3.05) is 6.54 Å². The van der Waals surface area contributed by atoms with Crippen LogP contribution in [0.4, 0.5) is 17.6 Å². The third-order valence-corrected chi connectivity index (χ3v) is 2.09. The van der Waals surface area contributed by atoms with E-state index in [1.54, 1.807) is 0 Å². The largest absolute Gasteiger partial charge is 0.419 e. The standard InChI is InChI=1S/C11H13F4N/c1-2-5-16-7-8-3-4-10(12)9(6-8)11(13,14)15/h3-4,6,16H,2,5,7H2,1H3. The van der Waals surface area contributed by atoms with Crippen LogP contribution in [-0.2, 0) is 12.7 Å². The Morgan fingerprint density at radius 2 is 1.94 bits per heavy atom. The lowest BCUT2D eigenvalue weighted by atomic mass is 10.1. The number of rotatable bonds is 4. The van der Waals surface area contributed by atoms with E-state index in [0.717, 1.165) is 25.1 Å². The van der Waals surface area contributed by atoms with Crippen LogP contribution < -0.4 is 5.32 Å². The summed E-state index contributed by atoms with van der Waals surface area (Å²) in [5.74, 6) is -1.23. The Labute approximate surface area is 91.5 Å². The molecule has 0 saturated heterocycles. The van der Waals surface area contributed by atoms with Crippen LogP contribution in [0.5, 0.6) is 0 Å². The number of alkyl halides is 3. The average molecular weight is 235 g/mol. The average Bonchev–Trinajstić information content (AvgIpc) is 2.19. The van der Waals surface area contributed by atoms with Crippen LogP contribution in [0.25, 0.3) is 0 Å². The van der Waals surface area contributed by atoms with E-state index in [0.29, 0.717) is 12.1 Å². The highest BCUT2D eigenvalue weighted by Crippen LogP contribution is 2.31. The smallest absolute Gasteiger partial charge is 0.313 e. The van der Waals surface area contributed by atoms with E-state index in [2.05, 4.69) is 5.32 Å². The van der Waals surface area contributed by atoms with Crippen LogP contribution in [0.3, 0.4) is 0 Å². The zero-order valence-electron chi connectivity index (χ0n) is 8.87.